The van der Waals surface area contributed by atoms with Crippen LogP contribution in [-0.2, 0) is 4.79 Å². The maximum atomic E-state index is 12.1. The molecule has 0 radical (unpaired) electrons. The molecule has 0 N–H and O–H groups in total. The van der Waals surface area contributed by atoms with Crippen molar-refractivity contribution in [1.82, 2.24) is 0 Å². The molecule has 0 aliphatic carbocycles. The van der Waals surface area contributed by atoms with Crippen LogP contribution in [0, 0.1) is 11.8 Å². The third kappa shape index (κ3) is 3.37. The number of rotatable bonds is 4. The van der Waals surface area contributed by atoms with Crippen LogP contribution in [0.4, 0.5) is 5.69 Å². The fraction of sp³-hybridized carbons (Fsp3) is 0.500. The zero-order chi connectivity index (χ0) is 12.1. The van der Waals surface area contributed by atoms with Gasteiger partial charge in [-0.25, -0.2) is 0 Å². The predicted molar refractivity (Wildman–Crippen MR) is 68.5 cm³/mol. The molecule has 0 heterocycles. The van der Waals surface area contributed by atoms with Gasteiger partial charge in [0, 0.05) is 18.7 Å². The van der Waals surface area contributed by atoms with Gasteiger partial charge in [0.2, 0.25) is 5.91 Å². The summed E-state index contributed by atoms with van der Waals surface area (Å²) in [7, 11) is 1.84. The van der Waals surface area contributed by atoms with Crippen LogP contribution >= 0.6 is 0 Å². The van der Waals surface area contributed by atoms with E-state index in [0.717, 1.165) is 12.1 Å². The monoisotopic (exact) mass is 219 g/mol. The molecule has 0 unspecified atom stereocenters. The highest BCUT2D eigenvalue weighted by Crippen LogP contribution is 2.18. The molecule has 1 amide bonds. The first kappa shape index (κ1) is 12.8. The molecule has 0 aliphatic heterocycles. The van der Waals surface area contributed by atoms with Crippen molar-refractivity contribution in [2.75, 3.05) is 11.9 Å². The highest BCUT2D eigenvalue weighted by Gasteiger charge is 2.19. The Morgan fingerprint density at radius 1 is 1.19 bits per heavy atom. The Bertz CT molecular complexity index is 332. The Hall–Kier alpha value is -1.31. The summed E-state index contributed by atoms with van der Waals surface area (Å²) >= 11 is 0. The number of hydrogen-bond acceptors (Lipinski definition) is 1. The number of para-hydroxylation sites is 1. The second-order valence-electron chi connectivity index (χ2n) is 4.76. The number of hydrogen-bond donors (Lipinski definition) is 0. The number of amides is 1. The Morgan fingerprint density at radius 3 is 2.25 bits per heavy atom. The molecular weight excluding hydrogens is 198 g/mol. The summed E-state index contributed by atoms with van der Waals surface area (Å²) in [5.74, 6) is 0.841. The SMILES string of the molecule is CC(C)C[C@H](C)C(=O)N(C)c1ccccc1. The summed E-state index contributed by atoms with van der Waals surface area (Å²) in [4.78, 5) is 13.8. The van der Waals surface area contributed by atoms with E-state index in [2.05, 4.69) is 13.8 Å². The average Bonchev–Trinajstić information content (AvgIpc) is 2.27. The smallest absolute Gasteiger partial charge is 0.229 e. The Labute approximate surface area is 98.3 Å². The zero-order valence-electron chi connectivity index (χ0n) is 10.6. The number of nitrogens with zero attached hydrogens (tertiary/aromatic N) is 1. The minimum atomic E-state index is 0.0882. The molecule has 0 aromatic heterocycles. The van der Waals surface area contributed by atoms with E-state index in [1.54, 1.807) is 4.90 Å². The average molecular weight is 219 g/mol. The molecule has 0 fully saturated rings. The molecule has 2 nitrogen and oxygen atoms in total. The van der Waals surface area contributed by atoms with Crippen LogP contribution in [-0.4, -0.2) is 13.0 Å². The van der Waals surface area contributed by atoms with E-state index in [1.807, 2.05) is 44.3 Å². The van der Waals surface area contributed by atoms with E-state index < -0.39 is 0 Å². The lowest BCUT2D eigenvalue weighted by Gasteiger charge is -2.22. The van der Waals surface area contributed by atoms with Gasteiger partial charge in [-0.15, -0.1) is 0 Å². The van der Waals surface area contributed by atoms with E-state index in [4.69, 9.17) is 0 Å². The van der Waals surface area contributed by atoms with Crippen molar-refractivity contribution >= 4 is 11.6 Å². The van der Waals surface area contributed by atoms with Crippen LogP contribution in [0.1, 0.15) is 27.2 Å². The molecule has 1 rings (SSSR count). The summed E-state index contributed by atoms with van der Waals surface area (Å²) in [5, 5.41) is 0. The highest BCUT2D eigenvalue weighted by atomic mass is 16.2. The lowest BCUT2D eigenvalue weighted by atomic mass is 9.97. The van der Waals surface area contributed by atoms with E-state index in [9.17, 15) is 4.79 Å². The molecule has 0 spiro atoms. The molecule has 0 bridgehead atoms. The Kier molecular flexibility index (Phi) is 4.53. The first-order chi connectivity index (χ1) is 7.52. The molecule has 1 aromatic carbocycles. The summed E-state index contributed by atoms with van der Waals surface area (Å²) in [5.41, 5.74) is 0.961. The standard InChI is InChI=1S/C14H21NO/c1-11(2)10-12(3)14(16)15(4)13-8-6-5-7-9-13/h5-9,11-12H,10H2,1-4H3/t12-/m0/s1. The summed E-state index contributed by atoms with van der Waals surface area (Å²) in [6.07, 6.45) is 0.940. The van der Waals surface area contributed by atoms with Crippen LogP contribution in [0.25, 0.3) is 0 Å². The Balaban J connectivity index is 2.67. The topological polar surface area (TPSA) is 20.3 Å². The van der Waals surface area contributed by atoms with Crippen molar-refractivity contribution in [3.63, 3.8) is 0 Å². The van der Waals surface area contributed by atoms with E-state index in [1.165, 1.54) is 0 Å². The van der Waals surface area contributed by atoms with Gasteiger partial charge >= 0.3 is 0 Å². The van der Waals surface area contributed by atoms with Crippen LogP contribution in [0.2, 0.25) is 0 Å². The van der Waals surface area contributed by atoms with Gasteiger partial charge in [0.05, 0.1) is 0 Å². The van der Waals surface area contributed by atoms with E-state index in [0.29, 0.717) is 5.92 Å². The molecule has 0 saturated heterocycles. The Morgan fingerprint density at radius 2 is 1.75 bits per heavy atom. The third-order valence-electron chi connectivity index (χ3n) is 2.72. The minimum absolute atomic E-state index is 0.0882. The number of carbonyl (C=O) groups is 1. The van der Waals surface area contributed by atoms with Crippen molar-refractivity contribution in [1.29, 1.82) is 0 Å². The number of anilines is 1. The number of benzene rings is 1. The van der Waals surface area contributed by atoms with Crippen LogP contribution in [0.15, 0.2) is 30.3 Å². The molecule has 16 heavy (non-hydrogen) atoms. The second kappa shape index (κ2) is 5.69. The van der Waals surface area contributed by atoms with Gasteiger partial charge in [0.1, 0.15) is 0 Å². The molecule has 1 atom stereocenters. The van der Waals surface area contributed by atoms with Crippen LogP contribution < -0.4 is 4.90 Å². The lowest BCUT2D eigenvalue weighted by Crippen LogP contribution is -2.32. The van der Waals surface area contributed by atoms with Gasteiger partial charge < -0.3 is 4.90 Å². The maximum absolute atomic E-state index is 12.1. The maximum Gasteiger partial charge on any atom is 0.229 e. The van der Waals surface area contributed by atoms with Crippen LogP contribution in [0.3, 0.4) is 0 Å². The first-order valence-corrected chi connectivity index (χ1v) is 5.85. The summed E-state index contributed by atoms with van der Waals surface area (Å²) in [6.45, 7) is 6.29. The van der Waals surface area contributed by atoms with Crippen molar-refractivity contribution in [3.05, 3.63) is 30.3 Å². The van der Waals surface area contributed by atoms with Crippen molar-refractivity contribution in [3.8, 4) is 0 Å². The van der Waals surface area contributed by atoms with E-state index in [-0.39, 0.29) is 11.8 Å². The first-order valence-electron chi connectivity index (χ1n) is 5.85. The van der Waals surface area contributed by atoms with Gasteiger partial charge in [-0.05, 0) is 24.5 Å². The normalized spacial score (nSPS) is 12.6. The van der Waals surface area contributed by atoms with Gasteiger partial charge in [-0.1, -0.05) is 39.0 Å². The van der Waals surface area contributed by atoms with Gasteiger partial charge in [0.25, 0.3) is 0 Å². The summed E-state index contributed by atoms with van der Waals surface area (Å²) < 4.78 is 0. The predicted octanol–water partition coefficient (Wildman–Crippen LogP) is 3.33. The molecule has 2 heteroatoms. The largest absolute Gasteiger partial charge is 0.315 e. The molecule has 88 valence electrons. The fourth-order valence-corrected chi connectivity index (χ4v) is 1.92. The quantitative estimate of drug-likeness (QED) is 0.760. The third-order valence-corrected chi connectivity index (χ3v) is 2.72. The number of carbonyl (C=O) groups excluding carboxylic acids is 1. The van der Waals surface area contributed by atoms with Gasteiger partial charge in [0.15, 0.2) is 0 Å². The summed E-state index contributed by atoms with van der Waals surface area (Å²) in [6, 6.07) is 9.78. The van der Waals surface area contributed by atoms with Crippen molar-refractivity contribution < 1.29 is 4.79 Å². The molecule has 1 aromatic rings. The highest BCUT2D eigenvalue weighted by molar-refractivity contribution is 5.94. The molecule has 0 aliphatic rings. The fourth-order valence-electron chi connectivity index (χ4n) is 1.92. The van der Waals surface area contributed by atoms with Crippen LogP contribution in [0.5, 0.6) is 0 Å². The second-order valence-corrected chi connectivity index (χ2v) is 4.76. The van der Waals surface area contributed by atoms with E-state index >= 15 is 0 Å². The zero-order valence-corrected chi connectivity index (χ0v) is 10.6. The van der Waals surface area contributed by atoms with Crippen molar-refractivity contribution in [2.45, 2.75) is 27.2 Å². The van der Waals surface area contributed by atoms with Gasteiger partial charge in [-0.2, -0.15) is 0 Å². The minimum Gasteiger partial charge on any atom is -0.315 e. The molecular formula is C14H21NO. The lowest BCUT2D eigenvalue weighted by molar-refractivity contribution is -0.122. The van der Waals surface area contributed by atoms with Gasteiger partial charge in [-0.3, -0.25) is 4.79 Å². The molecule has 0 saturated carbocycles. The van der Waals surface area contributed by atoms with Crippen molar-refractivity contribution in [2.24, 2.45) is 11.8 Å².